The van der Waals surface area contributed by atoms with E-state index in [1.54, 1.807) is 24.3 Å². The molecule has 0 saturated carbocycles. The van der Waals surface area contributed by atoms with Gasteiger partial charge < -0.3 is 10.4 Å². The van der Waals surface area contributed by atoms with Crippen LogP contribution in [0.1, 0.15) is 48.4 Å². The Morgan fingerprint density at radius 3 is 2.23 bits per heavy atom. The van der Waals surface area contributed by atoms with Gasteiger partial charge in [-0.05, 0) is 17.0 Å². The van der Waals surface area contributed by atoms with E-state index in [0.717, 1.165) is 17.7 Å². The Bertz CT molecular complexity index is 811. The molecule has 0 saturated heterocycles. The summed E-state index contributed by atoms with van der Waals surface area (Å²) in [6.45, 7) is 5.73. The number of aliphatic hydroxyl groups excluding tert-OH is 1. The lowest BCUT2D eigenvalue weighted by atomic mass is 9.86. The first kappa shape index (κ1) is 19.7. The van der Waals surface area contributed by atoms with E-state index in [0.29, 0.717) is 6.07 Å². The van der Waals surface area contributed by atoms with Crippen LogP contribution in [0.4, 0.5) is 8.78 Å². The van der Waals surface area contributed by atoms with Crippen molar-refractivity contribution in [3.8, 4) is 0 Å². The summed E-state index contributed by atoms with van der Waals surface area (Å²) in [5, 5.41) is 12.2. The minimum absolute atomic E-state index is 0.0762. The molecule has 2 rings (SSSR count). The molecule has 0 fully saturated rings. The zero-order valence-corrected chi connectivity index (χ0v) is 14.8. The number of carbonyl (C=O) groups excluding carboxylic acids is 2. The third kappa shape index (κ3) is 4.73. The molecule has 0 aliphatic heterocycles. The number of hydrogen-bond donors (Lipinski definition) is 2. The number of nitrogens with one attached hydrogen (secondary N) is 1. The highest BCUT2D eigenvalue weighted by Crippen LogP contribution is 2.22. The maximum Gasteiger partial charge on any atom is 0.292 e. The molecule has 0 spiro atoms. The molecule has 1 unspecified atom stereocenters. The Hall–Kier alpha value is -2.60. The molecule has 0 radical (unpaired) electrons. The zero-order chi connectivity index (χ0) is 19.5. The molecule has 0 aliphatic carbocycles. The highest BCUT2D eigenvalue weighted by Gasteiger charge is 2.20. The summed E-state index contributed by atoms with van der Waals surface area (Å²) in [6, 6.07) is 9.44. The molecule has 2 aromatic rings. The molecule has 2 N–H and O–H groups in total. The first-order chi connectivity index (χ1) is 12.1. The lowest BCUT2D eigenvalue weighted by Gasteiger charge is -2.19. The number of rotatable bonds is 5. The molecule has 1 atom stereocenters. The summed E-state index contributed by atoms with van der Waals surface area (Å²) < 4.78 is 26.5. The van der Waals surface area contributed by atoms with E-state index >= 15 is 0 Å². The molecule has 2 aromatic carbocycles. The molecule has 4 nitrogen and oxygen atoms in total. The monoisotopic (exact) mass is 361 g/mol. The van der Waals surface area contributed by atoms with Gasteiger partial charge in [0, 0.05) is 23.7 Å². The standard InChI is InChI=1S/C20H21F2NO3/c1-20(2,3)13-6-4-12(5-7-13)18(25)19(26)23-11-17(24)15-9-8-14(21)10-16(15)22/h4-10,17,24H,11H2,1-3H3,(H,23,26). The predicted molar refractivity (Wildman–Crippen MR) is 93.8 cm³/mol. The summed E-state index contributed by atoms with van der Waals surface area (Å²) in [4.78, 5) is 24.1. The van der Waals surface area contributed by atoms with Crippen molar-refractivity contribution in [1.29, 1.82) is 0 Å². The van der Waals surface area contributed by atoms with Crippen LogP contribution in [0.5, 0.6) is 0 Å². The van der Waals surface area contributed by atoms with Crippen molar-refractivity contribution in [2.75, 3.05) is 6.54 Å². The third-order valence-electron chi connectivity index (χ3n) is 4.00. The van der Waals surface area contributed by atoms with Crippen LogP contribution < -0.4 is 5.32 Å². The van der Waals surface area contributed by atoms with Crippen molar-refractivity contribution in [2.45, 2.75) is 32.3 Å². The highest BCUT2D eigenvalue weighted by atomic mass is 19.1. The molecule has 0 bridgehead atoms. The van der Waals surface area contributed by atoms with Crippen molar-refractivity contribution < 1.29 is 23.5 Å². The minimum atomic E-state index is -1.39. The lowest BCUT2D eigenvalue weighted by Crippen LogP contribution is -2.34. The van der Waals surface area contributed by atoms with Gasteiger partial charge in [0.15, 0.2) is 0 Å². The van der Waals surface area contributed by atoms with Crippen molar-refractivity contribution in [1.82, 2.24) is 5.32 Å². The van der Waals surface area contributed by atoms with E-state index in [9.17, 15) is 23.5 Å². The van der Waals surface area contributed by atoms with Gasteiger partial charge in [-0.15, -0.1) is 0 Å². The van der Waals surface area contributed by atoms with Gasteiger partial charge in [0.1, 0.15) is 11.6 Å². The average molecular weight is 361 g/mol. The van der Waals surface area contributed by atoms with E-state index in [2.05, 4.69) is 5.32 Å². The molecule has 0 aliphatic rings. The van der Waals surface area contributed by atoms with Gasteiger partial charge in [0.05, 0.1) is 6.10 Å². The summed E-state index contributed by atoms with van der Waals surface area (Å²) >= 11 is 0. The number of benzene rings is 2. The molecular formula is C20H21F2NO3. The largest absolute Gasteiger partial charge is 0.386 e. The zero-order valence-electron chi connectivity index (χ0n) is 14.8. The van der Waals surface area contributed by atoms with E-state index in [1.807, 2.05) is 20.8 Å². The first-order valence-electron chi connectivity index (χ1n) is 8.15. The normalized spacial score (nSPS) is 12.5. The lowest BCUT2D eigenvalue weighted by molar-refractivity contribution is -0.117. The third-order valence-corrected chi connectivity index (χ3v) is 4.00. The Morgan fingerprint density at radius 2 is 1.69 bits per heavy atom. The quantitative estimate of drug-likeness (QED) is 0.634. The van der Waals surface area contributed by atoms with Gasteiger partial charge in [0.2, 0.25) is 5.78 Å². The van der Waals surface area contributed by atoms with Gasteiger partial charge >= 0.3 is 0 Å². The van der Waals surface area contributed by atoms with Gasteiger partial charge in [-0.1, -0.05) is 51.1 Å². The molecular weight excluding hydrogens is 340 g/mol. The Kier molecular flexibility index (Phi) is 5.87. The van der Waals surface area contributed by atoms with Gasteiger partial charge in [-0.3, -0.25) is 9.59 Å². The van der Waals surface area contributed by atoms with Crippen LogP contribution in [0, 0.1) is 11.6 Å². The average Bonchev–Trinajstić information content (AvgIpc) is 2.58. The molecule has 1 amide bonds. The topological polar surface area (TPSA) is 66.4 Å². The van der Waals surface area contributed by atoms with E-state index < -0.39 is 29.4 Å². The van der Waals surface area contributed by atoms with Crippen molar-refractivity contribution in [2.24, 2.45) is 0 Å². The maximum atomic E-state index is 13.6. The number of carbonyl (C=O) groups is 2. The number of hydrogen-bond acceptors (Lipinski definition) is 3. The molecule has 0 heterocycles. The Balaban J connectivity index is 1.99. The fourth-order valence-electron chi connectivity index (χ4n) is 2.40. The number of aliphatic hydroxyl groups is 1. The summed E-state index contributed by atoms with van der Waals surface area (Å²) in [5.41, 5.74) is 1.01. The SMILES string of the molecule is CC(C)(C)c1ccc(C(=O)C(=O)NCC(O)c2ccc(F)cc2F)cc1. The smallest absolute Gasteiger partial charge is 0.292 e. The Labute approximate surface area is 150 Å². The van der Waals surface area contributed by atoms with Crippen LogP contribution in [-0.2, 0) is 10.2 Å². The van der Waals surface area contributed by atoms with Crippen molar-refractivity contribution in [3.63, 3.8) is 0 Å². The van der Waals surface area contributed by atoms with Crippen LogP contribution >= 0.6 is 0 Å². The van der Waals surface area contributed by atoms with Crippen LogP contribution in [0.3, 0.4) is 0 Å². The fourth-order valence-corrected chi connectivity index (χ4v) is 2.40. The maximum absolute atomic E-state index is 13.6. The predicted octanol–water partition coefficient (Wildman–Crippen LogP) is 3.29. The second kappa shape index (κ2) is 7.74. The minimum Gasteiger partial charge on any atom is -0.386 e. The van der Waals surface area contributed by atoms with Gasteiger partial charge in [-0.25, -0.2) is 8.78 Å². The molecule has 26 heavy (non-hydrogen) atoms. The number of ketones is 1. The number of halogens is 2. The second-order valence-corrected chi connectivity index (χ2v) is 7.05. The number of Topliss-reactive ketones (excluding diaryl/α,β-unsaturated/α-hetero) is 1. The molecule has 6 heteroatoms. The second-order valence-electron chi connectivity index (χ2n) is 7.05. The van der Waals surface area contributed by atoms with E-state index in [4.69, 9.17) is 0 Å². The highest BCUT2D eigenvalue weighted by molar-refractivity contribution is 6.42. The van der Waals surface area contributed by atoms with Crippen LogP contribution in [0.15, 0.2) is 42.5 Å². The van der Waals surface area contributed by atoms with Crippen molar-refractivity contribution >= 4 is 11.7 Å². The summed E-state index contributed by atoms with van der Waals surface area (Å²) in [7, 11) is 0. The molecule has 138 valence electrons. The van der Waals surface area contributed by atoms with E-state index in [1.165, 1.54) is 0 Å². The summed E-state index contributed by atoms with van der Waals surface area (Å²) in [6.07, 6.45) is -1.39. The van der Waals surface area contributed by atoms with E-state index in [-0.39, 0.29) is 23.1 Å². The van der Waals surface area contributed by atoms with Gasteiger partial charge in [0.25, 0.3) is 5.91 Å². The first-order valence-corrected chi connectivity index (χ1v) is 8.15. The van der Waals surface area contributed by atoms with Gasteiger partial charge in [-0.2, -0.15) is 0 Å². The molecule has 0 aromatic heterocycles. The van der Waals surface area contributed by atoms with Crippen molar-refractivity contribution in [3.05, 3.63) is 70.8 Å². The van der Waals surface area contributed by atoms with Crippen LogP contribution in [0.25, 0.3) is 0 Å². The van der Waals surface area contributed by atoms with Crippen LogP contribution in [-0.4, -0.2) is 23.3 Å². The summed E-state index contributed by atoms with van der Waals surface area (Å²) in [5.74, 6) is -3.35. The fraction of sp³-hybridized carbons (Fsp3) is 0.300. The number of amides is 1. The van der Waals surface area contributed by atoms with Crippen LogP contribution in [0.2, 0.25) is 0 Å². The Morgan fingerprint density at radius 1 is 1.08 bits per heavy atom.